The highest BCUT2D eigenvalue weighted by Crippen LogP contribution is 2.27. The van der Waals surface area contributed by atoms with Crippen molar-refractivity contribution in [2.75, 3.05) is 18.4 Å². The van der Waals surface area contributed by atoms with Crippen LogP contribution in [0.5, 0.6) is 0 Å². The van der Waals surface area contributed by atoms with Crippen molar-refractivity contribution in [1.29, 1.82) is 0 Å². The van der Waals surface area contributed by atoms with Gasteiger partial charge < -0.3 is 10.6 Å². The monoisotopic (exact) mass is 312 g/mol. The molecule has 0 atom stereocenters. The summed E-state index contributed by atoms with van der Waals surface area (Å²) < 4.78 is 15.3. The molecule has 1 aliphatic heterocycles. The number of halogens is 1. The predicted molar refractivity (Wildman–Crippen MR) is 86.1 cm³/mol. The molecule has 0 saturated carbocycles. The first-order valence-electron chi connectivity index (χ1n) is 7.73. The summed E-state index contributed by atoms with van der Waals surface area (Å²) in [7, 11) is 0. The summed E-state index contributed by atoms with van der Waals surface area (Å²) in [4.78, 5) is 8.67. The van der Waals surface area contributed by atoms with Crippen LogP contribution in [0.15, 0.2) is 36.8 Å². The Morgan fingerprint density at radius 1 is 1.22 bits per heavy atom. The molecule has 2 N–H and O–H groups in total. The number of hydrogen-bond donors (Lipinski definition) is 2. The van der Waals surface area contributed by atoms with Gasteiger partial charge in [-0.1, -0.05) is 6.07 Å². The van der Waals surface area contributed by atoms with E-state index >= 15 is 0 Å². The van der Waals surface area contributed by atoms with Gasteiger partial charge in [-0.25, -0.2) is 19.0 Å². The molecule has 6 nitrogen and oxygen atoms in total. The van der Waals surface area contributed by atoms with Crippen molar-refractivity contribution in [2.24, 2.45) is 0 Å². The van der Waals surface area contributed by atoms with Gasteiger partial charge in [0.25, 0.3) is 0 Å². The first-order valence-corrected chi connectivity index (χ1v) is 7.73. The van der Waals surface area contributed by atoms with Crippen LogP contribution in [0.2, 0.25) is 0 Å². The standard InChI is InChI=1S/C16H17FN6/c17-11-2-1-3-12(8-11)22-15-14-9-21-23(16(14)20-10-19-15)13-4-6-18-7-5-13/h1-3,8-10,13,18H,4-7H2,(H,19,20,22). The molecule has 118 valence electrons. The normalized spacial score (nSPS) is 15.9. The minimum atomic E-state index is -0.286. The lowest BCUT2D eigenvalue weighted by Gasteiger charge is -2.23. The number of anilines is 2. The summed E-state index contributed by atoms with van der Waals surface area (Å²) in [6.07, 6.45) is 5.36. The Morgan fingerprint density at radius 3 is 2.91 bits per heavy atom. The number of fused-ring (bicyclic) bond motifs is 1. The number of piperidine rings is 1. The van der Waals surface area contributed by atoms with Crippen molar-refractivity contribution in [3.63, 3.8) is 0 Å². The SMILES string of the molecule is Fc1cccc(Nc2ncnc3c2cnn3C2CCNCC2)c1. The Kier molecular flexibility index (Phi) is 3.63. The third kappa shape index (κ3) is 2.75. The topological polar surface area (TPSA) is 67.7 Å². The smallest absolute Gasteiger partial charge is 0.163 e. The van der Waals surface area contributed by atoms with E-state index < -0.39 is 0 Å². The Balaban J connectivity index is 1.69. The third-order valence-corrected chi connectivity index (χ3v) is 4.13. The number of hydrogen-bond acceptors (Lipinski definition) is 5. The van der Waals surface area contributed by atoms with Crippen molar-refractivity contribution in [3.8, 4) is 0 Å². The fourth-order valence-electron chi connectivity index (χ4n) is 2.98. The van der Waals surface area contributed by atoms with Gasteiger partial charge >= 0.3 is 0 Å². The molecular formula is C16H17FN6. The minimum Gasteiger partial charge on any atom is -0.339 e. The van der Waals surface area contributed by atoms with Crippen LogP contribution in [-0.2, 0) is 0 Å². The molecule has 23 heavy (non-hydrogen) atoms. The molecule has 3 heterocycles. The third-order valence-electron chi connectivity index (χ3n) is 4.13. The summed E-state index contributed by atoms with van der Waals surface area (Å²) in [5, 5.41) is 11.9. The van der Waals surface area contributed by atoms with Crippen LogP contribution in [0.1, 0.15) is 18.9 Å². The maximum absolute atomic E-state index is 13.3. The number of nitrogens with one attached hydrogen (secondary N) is 2. The van der Waals surface area contributed by atoms with E-state index in [0.29, 0.717) is 17.5 Å². The van der Waals surface area contributed by atoms with Gasteiger partial charge in [0.05, 0.1) is 17.6 Å². The molecule has 0 unspecified atom stereocenters. The largest absolute Gasteiger partial charge is 0.339 e. The van der Waals surface area contributed by atoms with Gasteiger partial charge in [0.2, 0.25) is 0 Å². The van der Waals surface area contributed by atoms with E-state index in [0.717, 1.165) is 37.0 Å². The fraction of sp³-hybridized carbons (Fsp3) is 0.312. The molecule has 0 amide bonds. The van der Waals surface area contributed by atoms with Crippen LogP contribution in [0.25, 0.3) is 11.0 Å². The van der Waals surface area contributed by atoms with E-state index in [9.17, 15) is 4.39 Å². The Hall–Kier alpha value is -2.54. The van der Waals surface area contributed by atoms with E-state index in [2.05, 4.69) is 25.7 Å². The van der Waals surface area contributed by atoms with E-state index in [1.165, 1.54) is 18.5 Å². The van der Waals surface area contributed by atoms with Crippen LogP contribution < -0.4 is 10.6 Å². The van der Waals surface area contributed by atoms with E-state index in [4.69, 9.17) is 0 Å². The van der Waals surface area contributed by atoms with Gasteiger partial charge in [0.15, 0.2) is 5.65 Å². The molecule has 1 saturated heterocycles. The van der Waals surface area contributed by atoms with Gasteiger partial charge in [-0.2, -0.15) is 5.10 Å². The highest BCUT2D eigenvalue weighted by atomic mass is 19.1. The summed E-state index contributed by atoms with van der Waals surface area (Å²) in [5.41, 5.74) is 1.46. The second-order valence-corrected chi connectivity index (χ2v) is 5.67. The van der Waals surface area contributed by atoms with Gasteiger partial charge in [-0.15, -0.1) is 0 Å². The molecule has 0 spiro atoms. The maximum Gasteiger partial charge on any atom is 0.163 e. The van der Waals surface area contributed by atoms with Gasteiger partial charge in [-0.05, 0) is 44.1 Å². The van der Waals surface area contributed by atoms with E-state index in [1.807, 2.05) is 4.68 Å². The lowest BCUT2D eigenvalue weighted by atomic mass is 10.1. The average Bonchev–Trinajstić information content (AvgIpc) is 3.01. The summed E-state index contributed by atoms with van der Waals surface area (Å²) in [6, 6.07) is 6.66. The molecule has 1 aliphatic rings. The van der Waals surface area contributed by atoms with Crippen LogP contribution in [0.3, 0.4) is 0 Å². The number of nitrogens with zero attached hydrogens (tertiary/aromatic N) is 4. The summed E-state index contributed by atoms with van der Waals surface area (Å²) >= 11 is 0. The van der Waals surface area contributed by atoms with Crippen molar-refractivity contribution in [1.82, 2.24) is 25.1 Å². The lowest BCUT2D eigenvalue weighted by molar-refractivity contribution is 0.349. The molecule has 4 rings (SSSR count). The molecule has 1 fully saturated rings. The lowest BCUT2D eigenvalue weighted by Crippen LogP contribution is -2.29. The van der Waals surface area contributed by atoms with Crippen LogP contribution in [0.4, 0.5) is 15.9 Å². The summed E-state index contributed by atoms with van der Waals surface area (Å²) in [5.74, 6) is 0.353. The molecule has 0 bridgehead atoms. The molecule has 2 aromatic heterocycles. The second-order valence-electron chi connectivity index (χ2n) is 5.67. The maximum atomic E-state index is 13.3. The van der Waals surface area contributed by atoms with Crippen molar-refractivity contribution >= 4 is 22.5 Å². The molecule has 7 heteroatoms. The highest BCUT2D eigenvalue weighted by molar-refractivity contribution is 5.88. The number of aromatic nitrogens is 4. The minimum absolute atomic E-state index is 0.286. The van der Waals surface area contributed by atoms with Crippen molar-refractivity contribution in [2.45, 2.75) is 18.9 Å². The quantitative estimate of drug-likeness (QED) is 0.778. The number of rotatable bonds is 3. The average molecular weight is 312 g/mol. The fourth-order valence-corrected chi connectivity index (χ4v) is 2.98. The zero-order valence-electron chi connectivity index (χ0n) is 12.5. The second kappa shape index (κ2) is 5.92. The Bertz CT molecular complexity index is 824. The van der Waals surface area contributed by atoms with Gasteiger partial charge in [0.1, 0.15) is 18.0 Å². The molecule has 3 aromatic rings. The Morgan fingerprint density at radius 2 is 2.09 bits per heavy atom. The Labute approximate surface area is 132 Å². The van der Waals surface area contributed by atoms with E-state index in [-0.39, 0.29) is 5.82 Å². The van der Waals surface area contributed by atoms with Gasteiger partial charge in [-0.3, -0.25) is 0 Å². The molecule has 1 aromatic carbocycles. The van der Waals surface area contributed by atoms with Crippen molar-refractivity contribution < 1.29 is 4.39 Å². The predicted octanol–water partition coefficient (Wildman–Crippen LogP) is 2.63. The summed E-state index contributed by atoms with van der Waals surface area (Å²) in [6.45, 7) is 1.98. The van der Waals surface area contributed by atoms with Crippen LogP contribution in [0, 0.1) is 5.82 Å². The molecular weight excluding hydrogens is 295 g/mol. The van der Waals surface area contributed by atoms with Gasteiger partial charge in [0, 0.05) is 5.69 Å². The molecule has 0 aliphatic carbocycles. The highest BCUT2D eigenvalue weighted by Gasteiger charge is 2.19. The first-order chi connectivity index (χ1) is 11.3. The number of benzene rings is 1. The van der Waals surface area contributed by atoms with Crippen molar-refractivity contribution in [3.05, 3.63) is 42.6 Å². The van der Waals surface area contributed by atoms with Crippen LogP contribution in [-0.4, -0.2) is 32.8 Å². The van der Waals surface area contributed by atoms with E-state index in [1.54, 1.807) is 18.3 Å². The molecule has 0 radical (unpaired) electrons. The van der Waals surface area contributed by atoms with Crippen LogP contribution >= 0.6 is 0 Å². The zero-order valence-corrected chi connectivity index (χ0v) is 12.5. The first kappa shape index (κ1) is 14.1. The zero-order chi connectivity index (χ0) is 15.6.